The molecule has 1 N–H and O–H groups in total. The van der Waals surface area contributed by atoms with Crippen molar-refractivity contribution in [2.45, 2.75) is 19.9 Å². The van der Waals surface area contributed by atoms with E-state index >= 15 is 0 Å². The topological polar surface area (TPSA) is 24.9 Å². The number of pyridine rings is 1. The number of alkyl halides is 2. The molecule has 0 aliphatic rings. The van der Waals surface area contributed by atoms with Gasteiger partial charge in [0.2, 0.25) is 0 Å². The van der Waals surface area contributed by atoms with E-state index < -0.39 is 6.43 Å². The van der Waals surface area contributed by atoms with Gasteiger partial charge in [0.1, 0.15) is 0 Å². The molecule has 0 aliphatic carbocycles. The van der Waals surface area contributed by atoms with Gasteiger partial charge in [-0.2, -0.15) is 0 Å². The molecule has 2 rings (SSSR count). The number of hydrogen-bond acceptors (Lipinski definition) is 2. The maximum Gasteiger partial charge on any atom is 0.263 e. The minimum absolute atomic E-state index is 0.0211. The molecular formula is C14H13ClF2N2. The maximum absolute atomic E-state index is 12.6. The molecule has 0 unspecified atom stereocenters. The van der Waals surface area contributed by atoms with E-state index in [1.165, 1.54) is 12.1 Å². The summed E-state index contributed by atoms with van der Waals surface area (Å²) < 4.78 is 25.2. The van der Waals surface area contributed by atoms with E-state index in [0.717, 1.165) is 11.1 Å². The predicted octanol–water partition coefficient (Wildman–Crippen LogP) is 4.59. The van der Waals surface area contributed by atoms with Gasteiger partial charge in [-0.3, -0.25) is 0 Å². The standard InChI is InChI=1S/C14H13ClF2N2/c1-9-5-12(13(15)19-7-9)18-8-10-3-2-4-11(6-10)14(16)17/h2-7,14,18H,8H2,1H3. The number of nitrogens with zero attached hydrogens (tertiary/aromatic N) is 1. The van der Waals surface area contributed by atoms with Crippen LogP contribution in [0.3, 0.4) is 0 Å². The Balaban J connectivity index is 2.10. The Morgan fingerprint density at radius 3 is 2.84 bits per heavy atom. The van der Waals surface area contributed by atoms with Gasteiger partial charge >= 0.3 is 0 Å². The summed E-state index contributed by atoms with van der Waals surface area (Å²) in [4.78, 5) is 4.02. The van der Waals surface area contributed by atoms with E-state index in [-0.39, 0.29) is 5.56 Å². The molecule has 2 nitrogen and oxygen atoms in total. The summed E-state index contributed by atoms with van der Waals surface area (Å²) in [5.74, 6) is 0. The highest BCUT2D eigenvalue weighted by Crippen LogP contribution is 2.22. The second-order valence-electron chi connectivity index (χ2n) is 4.25. The maximum atomic E-state index is 12.6. The Morgan fingerprint density at radius 1 is 1.32 bits per heavy atom. The molecule has 0 atom stereocenters. The molecule has 1 aromatic carbocycles. The van der Waals surface area contributed by atoms with Crippen LogP contribution in [0.4, 0.5) is 14.5 Å². The molecule has 19 heavy (non-hydrogen) atoms. The molecular weight excluding hydrogens is 270 g/mol. The third-order valence-electron chi connectivity index (χ3n) is 2.66. The summed E-state index contributed by atoms with van der Waals surface area (Å²) >= 11 is 5.95. The quantitative estimate of drug-likeness (QED) is 0.830. The van der Waals surface area contributed by atoms with Crippen LogP contribution in [0, 0.1) is 6.92 Å². The highest BCUT2D eigenvalue weighted by atomic mass is 35.5. The van der Waals surface area contributed by atoms with Crippen molar-refractivity contribution in [3.8, 4) is 0 Å². The first-order valence-electron chi connectivity index (χ1n) is 5.79. The third kappa shape index (κ3) is 3.64. The molecule has 0 fully saturated rings. The van der Waals surface area contributed by atoms with Crippen molar-refractivity contribution >= 4 is 17.3 Å². The average Bonchev–Trinajstić information content (AvgIpc) is 2.40. The van der Waals surface area contributed by atoms with Gasteiger partial charge in [0.05, 0.1) is 5.69 Å². The van der Waals surface area contributed by atoms with E-state index in [4.69, 9.17) is 11.6 Å². The molecule has 0 saturated heterocycles. The van der Waals surface area contributed by atoms with Crippen LogP contribution in [0.5, 0.6) is 0 Å². The molecule has 1 heterocycles. The summed E-state index contributed by atoms with van der Waals surface area (Å²) in [5, 5.41) is 3.47. The fourth-order valence-electron chi connectivity index (χ4n) is 1.71. The minimum atomic E-state index is -2.45. The third-order valence-corrected chi connectivity index (χ3v) is 2.96. The van der Waals surface area contributed by atoms with E-state index in [9.17, 15) is 8.78 Å². The number of benzene rings is 1. The fraction of sp³-hybridized carbons (Fsp3) is 0.214. The Morgan fingerprint density at radius 2 is 2.11 bits per heavy atom. The summed E-state index contributed by atoms with van der Waals surface area (Å²) in [5.41, 5.74) is 2.47. The van der Waals surface area contributed by atoms with Crippen molar-refractivity contribution in [3.63, 3.8) is 0 Å². The number of rotatable bonds is 4. The van der Waals surface area contributed by atoms with Crippen LogP contribution < -0.4 is 5.32 Å². The fourth-order valence-corrected chi connectivity index (χ4v) is 1.88. The van der Waals surface area contributed by atoms with E-state index in [1.807, 2.05) is 13.0 Å². The van der Waals surface area contributed by atoms with Crippen molar-refractivity contribution < 1.29 is 8.78 Å². The van der Waals surface area contributed by atoms with Gasteiger partial charge in [-0.15, -0.1) is 0 Å². The first-order chi connectivity index (χ1) is 9.06. The Hall–Kier alpha value is -1.68. The van der Waals surface area contributed by atoms with Gasteiger partial charge in [0.25, 0.3) is 6.43 Å². The Bertz CT molecular complexity index is 573. The van der Waals surface area contributed by atoms with Crippen molar-refractivity contribution in [3.05, 3.63) is 58.4 Å². The van der Waals surface area contributed by atoms with Gasteiger partial charge in [0, 0.05) is 18.3 Å². The molecule has 0 spiro atoms. The lowest BCUT2D eigenvalue weighted by atomic mass is 10.1. The zero-order valence-electron chi connectivity index (χ0n) is 10.3. The lowest BCUT2D eigenvalue weighted by Gasteiger charge is -2.09. The van der Waals surface area contributed by atoms with Gasteiger partial charge in [-0.25, -0.2) is 13.8 Å². The number of aryl methyl sites for hydroxylation is 1. The molecule has 5 heteroatoms. The van der Waals surface area contributed by atoms with Crippen LogP contribution in [0.1, 0.15) is 23.1 Å². The monoisotopic (exact) mass is 282 g/mol. The molecule has 2 aromatic rings. The number of aromatic nitrogens is 1. The van der Waals surface area contributed by atoms with Crippen LogP contribution in [0.25, 0.3) is 0 Å². The lowest BCUT2D eigenvalue weighted by molar-refractivity contribution is 0.151. The summed E-state index contributed by atoms with van der Waals surface area (Å²) in [6.45, 7) is 2.33. The molecule has 0 bridgehead atoms. The van der Waals surface area contributed by atoms with Crippen LogP contribution in [-0.2, 0) is 6.54 Å². The van der Waals surface area contributed by atoms with Gasteiger partial charge in [-0.05, 0) is 30.2 Å². The van der Waals surface area contributed by atoms with Gasteiger partial charge < -0.3 is 5.32 Å². The Labute approximate surface area is 115 Å². The molecule has 0 aliphatic heterocycles. The van der Waals surface area contributed by atoms with Gasteiger partial charge in [-0.1, -0.05) is 29.8 Å². The van der Waals surface area contributed by atoms with E-state index in [2.05, 4.69) is 10.3 Å². The number of nitrogens with one attached hydrogen (secondary N) is 1. The first-order valence-corrected chi connectivity index (χ1v) is 6.17. The summed E-state index contributed by atoms with van der Waals surface area (Å²) in [6.07, 6.45) is -0.783. The highest BCUT2D eigenvalue weighted by molar-refractivity contribution is 6.31. The van der Waals surface area contributed by atoms with Crippen molar-refractivity contribution in [2.75, 3.05) is 5.32 Å². The van der Waals surface area contributed by atoms with Crippen molar-refractivity contribution in [2.24, 2.45) is 0 Å². The molecule has 0 saturated carbocycles. The van der Waals surface area contributed by atoms with Crippen molar-refractivity contribution in [1.29, 1.82) is 0 Å². The summed E-state index contributed by atoms with van der Waals surface area (Å²) in [7, 11) is 0. The SMILES string of the molecule is Cc1cnc(Cl)c(NCc2cccc(C(F)F)c2)c1. The first kappa shape index (κ1) is 13.7. The molecule has 0 radical (unpaired) electrons. The van der Waals surface area contributed by atoms with Crippen LogP contribution >= 0.6 is 11.6 Å². The lowest BCUT2D eigenvalue weighted by Crippen LogP contribution is -2.01. The smallest absolute Gasteiger partial charge is 0.263 e. The minimum Gasteiger partial charge on any atom is -0.378 e. The van der Waals surface area contributed by atoms with Crippen LogP contribution in [-0.4, -0.2) is 4.98 Å². The predicted molar refractivity (Wildman–Crippen MR) is 72.7 cm³/mol. The zero-order chi connectivity index (χ0) is 13.8. The van der Waals surface area contributed by atoms with Crippen molar-refractivity contribution in [1.82, 2.24) is 4.98 Å². The number of halogens is 3. The zero-order valence-corrected chi connectivity index (χ0v) is 11.1. The second-order valence-corrected chi connectivity index (χ2v) is 4.61. The average molecular weight is 283 g/mol. The molecule has 0 amide bonds. The molecule has 100 valence electrons. The van der Waals surface area contributed by atoms with Crippen LogP contribution in [0.15, 0.2) is 36.5 Å². The van der Waals surface area contributed by atoms with Gasteiger partial charge in [0.15, 0.2) is 5.15 Å². The molecule has 1 aromatic heterocycles. The summed E-state index contributed by atoms with van der Waals surface area (Å²) in [6, 6.07) is 8.17. The normalized spacial score (nSPS) is 10.8. The van der Waals surface area contributed by atoms with Crippen LogP contribution in [0.2, 0.25) is 5.15 Å². The number of anilines is 1. The van der Waals surface area contributed by atoms with E-state index in [0.29, 0.717) is 17.4 Å². The van der Waals surface area contributed by atoms with E-state index in [1.54, 1.807) is 18.3 Å². The number of hydrogen-bond donors (Lipinski definition) is 1. The second kappa shape index (κ2) is 5.97. The highest BCUT2D eigenvalue weighted by Gasteiger charge is 2.07. The largest absolute Gasteiger partial charge is 0.378 e. The Kier molecular flexibility index (Phi) is 4.32.